The molecule has 4 unspecified atom stereocenters. The van der Waals surface area contributed by atoms with E-state index < -0.39 is 0 Å². The van der Waals surface area contributed by atoms with Gasteiger partial charge in [0.25, 0.3) is 0 Å². The molecule has 0 aromatic heterocycles. The summed E-state index contributed by atoms with van der Waals surface area (Å²) in [6.45, 7) is 2.60. The number of rotatable bonds is 0. The third-order valence-electron chi connectivity index (χ3n) is 23.5. The molecule has 0 spiro atoms. The quantitative estimate of drug-likeness (QED) is 0.414. The molecule has 0 bridgehead atoms. The van der Waals surface area contributed by atoms with Crippen molar-refractivity contribution >= 4 is 0 Å². The first-order valence-corrected chi connectivity index (χ1v) is 18.4. The molecule has 21 aliphatic carbocycles. The molecular weight excluding hydrogens is 444 g/mol. The molecule has 0 heterocycles. The molecule has 21 saturated carbocycles. The predicted molar refractivity (Wildman–Crippen MR) is 132 cm³/mol. The minimum Gasteiger partial charge on any atom is -0.0619 e. The smallest absolute Gasteiger partial charge is 0.0312 e. The van der Waals surface area contributed by atoms with Gasteiger partial charge >= 0.3 is 0 Å². The Balaban J connectivity index is 0.0000000571. The van der Waals surface area contributed by atoms with Crippen LogP contribution < -0.4 is 0 Å². The highest BCUT2D eigenvalue weighted by Gasteiger charge is 2.99. The van der Waals surface area contributed by atoms with E-state index in [0.29, 0.717) is 0 Å². The van der Waals surface area contributed by atoms with Gasteiger partial charge in [-0.1, -0.05) is 6.92 Å². The van der Waals surface area contributed by atoms with Crippen LogP contribution in [0.1, 0.15) is 13.3 Å². The summed E-state index contributed by atoms with van der Waals surface area (Å²) in [7, 11) is 0. The SMILES string of the molecule is C12C3C1C1C2C31.C12C3C4C1C1C2C2C3C4C12.C12C3C4C1C1C2C3C41.CC1[C@@H]2C3C4C5[C@H]3[C@@H]2C[C@H]2[C@H]1[C@@H]4[C@@H]52. The molecule has 0 amide bonds. The zero-order valence-corrected chi connectivity index (χ0v) is 21.9. The average molecular weight is 485 g/mol. The lowest BCUT2D eigenvalue weighted by molar-refractivity contribution is -0.565. The highest BCUT2D eigenvalue weighted by molar-refractivity contribution is 5.46. The summed E-state index contributed by atoms with van der Waals surface area (Å²) in [4.78, 5) is 0. The average Bonchev–Trinajstić information content (AvgIpc) is 3.60. The van der Waals surface area contributed by atoms with Crippen LogP contribution in [-0.4, -0.2) is 0 Å². The lowest BCUT2D eigenvalue weighted by Gasteiger charge is -3.03. The summed E-state index contributed by atoms with van der Waals surface area (Å²) in [5.41, 5.74) is 0. The first-order valence-electron chi connectivity index (χ1n) is 18.4. The van der Waals surface area contributed by atoms with E-state index in [1.165, 1.54) is 201 Å². The topological polar surface area (TPSA) is 0 Å². The Hall–Kier alpha value is 0. The van der Waals surface area contributed by atoms with Crippen LogP contribution in [0.2, 0.25) is 0 Å². The maximum atomic E-state index is 2.60. The molecule has 21 rings (SSSR count). The summed E-state index contributed by atoms with van der Waals surface area (Å²) >= 11 is 0. The molecule has 0 aromatic rings. The lowest BCUT2D eigenvalue weighted by Crippen LogP contribution is -3.00. The molecule has 21 aliphatic rings. The van der Waals surface area contributed by atoms with Crippen molar-refractivity contribution < 1.29 is 0 Å². The molecule has 37 heavy (non-hydrogen) atoms. The monoisotopic (exact) mass is 484 g/mol. The molecule has 0 aliphatic heterocycles. The van der Waals surface area contributed by atoms with Crippen molar-refractivity contribution in [2.75, 3.05) is 0 Å². The Morgan fingerprint density at radius 1 is 0.216 bits per heavy atom. The van der Waals surface area contributed by atoms with Crippen LogP contribution in [-0.2, 0) is 0 Å². The van der Waals surface area contributed by atoms with Gasteiger partial charge in [-0.25, -0.2) is 0 Å². The third-order valence-corrected chi connectivity index (χ3v) is 23.5. The highest BCUT2D eigenvalue weighted by atomic mass is 15.0. The van der Waals surface area contributed by atoms with Gasteiger partial charge in [0.1, 0.15) is 0 Å². The Labute approximate surface area is 220 Å². The Morgan fingerprint density at radius 3 is 0.595 bits per heavy atom. The highest BCUT2D eigenvalue weighted by Crippen LogP contribution is 3.02. The van der Waals surface area contributed by atoms with Gasteiger partial charge in [-0.05, 0) is 214 Å². The fraction of sp³-hybridized carbons (Fsp3) is 1.00. The van der Waals surface area contributed by atoms with E-state index in [4.69, 9.17) is 0 Å². The van der Waals surface area contributed by atoms with E-state index >= 15 is 0 Å². The van der Waals surface area contributed by atoms with Crippen molar-refractivity contribution in [3.05, 3.63) is 0 Å². The first-order chi connectivity index (χ1) is 18.4. The van der Waals surface area contributed by atoms with Crippen LogP contribution in [0.5, 0.6) is 0 Å². The van der Waals surface area contributed by atoms with E-state index in [9.17, 15) is 0 Å². The normalized spacial score (nSPS) is 103. The van der Waals surface area contributed by atoms with Crippen molar-refractivity contribution in [2.24, 2.45) is 207 Å². The second-order valence-corrected chi connectivity index (χ2v) is 20.9. The Kier molecular flexibility index (Phi) is 1.74. The van der Waals surface area contributed by atoms with Crippen molar-refractivity contribution in [3.8, 4) is 0 Å². The summed E-state index contributed by atoms with van der Waals surface area (Å²) in [5.74, 6) is 45.9. The van der Waals surface area contributed by atoms with Gasteiger partial charge in [-0.2, -0.15) is 0 Å². The molecule has 188 valence electrons. The minimum absolute atomic E-state index is 1.16. The third kappa shape index (κ3) is 1.00. The number of fused-ring (bicyclic) bond motifs is 28. The molecule has 21 fully saturated rings. The maximum absolute atomic E-state index is 2.60. The van der Waals surface area contributed by atoms with Crippen LogP contribution in [0.25, 0.3) is 0 Å². The van der Waals surface area contributed by atoms with E-state index in [1.807, 2.05) is 0 Å². The van der Waals surface area contributed by atoms with Gasteiger partial charge in [0, 0.05) is 0 Å². The van der Waals surface area contributed by atoms with Gasteiger partial charge in [-0.3, -0.25) is 0 Å². The van der Waals surface area contributed by atoms with E-state index in [2.05, 4.69) is 6.92 Å². The van der Waals surface area contributed by atoms with Gasteiger partial charge in [0.2, 0.25) is 0 Å². The van der Waals surface area contributed by atoms with Crippen LogP contribution in [0, 0.1) is 207 Å². The van der Waals surface area contributed by atoms with Crippen LogP contribution in [0.4, 0.5) is 0 Å². The molecule has 0 radical (unpaired) electrons. The second-order valence-electron chi connectivity index (χ2n) is 20.9. The first kappa shape index (κ1) is 16.4. The number of hydrogen-bond acceptors (Lipinski definition) is 0. The zero-order valence-electron chi connectivity index (χ0n) is 21.9. The molecule has 0 N–H and O–H groups in total. The van der Waals surface area contributed by atoms with E-state index in [-0.39, 0.29) is 0 Å². The Bertz CT molecular complexity index is 1030. The number of hydrogen-bond donors (Lipinski definition) is 0. The van der Waals surface area contributed by atoms with Gasteiger partial charge in [0.05, 0.1) is 0 Å². The van der Waals surface area contributed by atoms with E-state index in [0.717, 1.165) is 5.92 Å². The van der Waals surface area contributed by atoms with Crippen LogP contribution in [0.3, 0.4) is 0 Å². The molecule has 11 atom stereocenters. The van der Waals surface area contributed by atoms with Gasteiger partial charge in [0.15, 0.2) is 0 Å². The zero-order chi connectivity index (χ0) is 21.9. The van der Waals surface area contributed by atoms with E-state index in [1.54, 1.807) is 6.42 Å². The van der Waals surface area contributed by atoms with Gasteiger partial charge < -0.3 is 0 Å². The van der Waals surface area contributed by atoms with Gasteiger partial charge in [-0.15, -0.1) is 0 Å². The maximum Gasteiger partial charge on any atom is -0.0312 e. The summed E-state index contributed by atoms with van der Waals surface area (Å²) in [6.07, 6.45) is 1.69. The summed E-state index contributed by atoms with van der Waals surface area (Å²) in [5, 5.41) is 0. The van der Waals surface area contributed by atoms with Crippen LogP contribution in [0.15, 0.2) is 0 Å². The summed E-state index contributed by atoms with van der Waals surface area (Å²) < 4.78 is 0. The van der Waals surface area contributed by atoms with Crippen molar-refractivity contribution in [3.63, 3.8) is 0 Å². The lowest BCUT2D eigenvalue weighted by atomic mass is 9.01. The molecular formula is C37H40. The summed E-state index contributed by atoms with van der Waals surface area (Å²) in [6, 6.07) is 0. The standard InChI is InChI=1S/C13H16.C10H10.C8H8.C6H6/c1-3-6-4-2-5-7(3)11-9(5)12-8(4)10(6)13(11)12;1-2-5-3(1)7-8-4(1)6(2)10(8)9(5)7;1-2-5-3(1)7-4(1)6(2)8(5)7;1-2-3(1)6-4(1)5(2)6/h3-13H,2H2,1H3;1-10H;1-8H;1-6H/t3?,4-,5+,6-,7-,8-,9-,10+,11?,12?,13?;;;/m0.../s1. The second kappa shape index (κ2) is 3.92. The molecule has 0 heteroatoms. The predicted octanol–water partition coefficient (Wildman–Crippen LogP) is 5.21. The molecule has 0 aromatic carbocycles. The fourth-order valence-electron chi connectivity index (χ4n) is 23.6. The van der Waals surface area contributed by atoms with Crippen molar-refractivity contribution in [2.45, 2.75) is 13.3 Å². The Morgan fingerprint density at radius 2 is 0.378 bits per heavy atom. The molecule has 0 nitrogen and oxygen atoms in total. The fourth-order valence-corrected chi connectivity index (χ4v) is 23.6. The van der Waals surface area contributed by atoms with Crippen molar-refractivity contribution in [1.29, 1.82) is 0 Å². The molecule has 0 saturated heterocycles. The largest absolute Gasteiger partial charge is 0.0619 e. The van der Waals surface area contributed by atoms with Crippen LogP contribution >= 0.6 is 0 Å². The minimum atomic E-state index is 1.16. The van der Waals surface area contributed by atoms with Crippen molar-refractivity contribution in [1.82, 2.24) is 0 Å².